The molecule has 0 bridgehead atoms. The molecule has 4 aromatic rings. The predicted molar refractivity (Wildman–Crippen MR) is 135 cm³/mol. The third-order valence-corrected chi connectivity index (χ3v) is 6.54. The number of nitrogens with zero attached hydrogens (tertiary/aromatic N) is 2. The zero-order valence-corrected chi connectivity index (χ0v) is 19.0. The highest BCUT2D eigenvalue weighted by Crippen LogP contribution is 2.36. The molecule has 6 nitrogen and oxygen atoms in total. The Morgan fingerprint density at radius 1 is 0.943 bits per heavy atom. The number of anilines is 1. The highest BCUT2D eigenvalue weighted by molar-refractivity contribution is 6.26. The minimum absolute atomic E-state index is 0.0496. The Balaban J connectivity index is 1.53. The van der Waals surface area contributed by atoms with Crippen LogP contribution in [0.3, 0.4) is 0 Å². The van der Waals surface area contributed by atoms with Crippen molar-refractivity contribution in [2.75, 3.05) is 11.4 Å². The second-order valence-corrected chi connectivity index (χ2v) is 8.72. The van der Waals surface area contributed by atoms with Gasteiger partial charge in [-0.15, -0.1) is 0 Å². The quantitative estimate of drug-likeness (QED) is 0.438. The van der Waals surface area contributed by atoms with Crippen molar-refractivity contribution in [3.63, 3.8) is 0 Å². The Kier molecular flexibility index (Phi) is 4.81. The standard InChI is InChI=1S/C29H21N3O3/c1-17(33)32-26-9-5-3-7-23(26)28(34)27(32)16-20-15-24(22-6-2-4-8-25(22)31-20)18-10-11-21-19(14-18)12-13-30-29(21)35/h2-11,14-16H,12-13H2,1H3,(H,30,35)/b27-16-. The number of hydrogen-bond donors (Lipinski definition) is 1. The van der Waals surface area contributed by atoms with Crippen molar-refractivity contribution in [2.45, 2.75) is 13.3 Å². The van der Waals surface area contributed by atoms with Crippen molar-refractivity contribution < 1.29 is 14.4 Å². The van der Waals surface area contributed by atoms with Gasteiger partial charge in [-0.05, 0) is 59.5 Å². The van der Waals surface area contributed by atoms with E-state index < -0.39 is 0 Å². The van der Waals surface area contributed by atoms with Gasteiger partial charge in [0.2, 0.25) is 11.7 Å². The van der Waals surface area contributed by atoms with Crippen LogP contribution < -0.4 is 10.2 Å². The summed E-state index contributed by atoms with van der Waals surface area (Å²) in [7, 11) is 0. The minimum Gasteiger partial charge on any atom is -0.352 e. The van der Waals surface area contributed by atoms with Crippen molar-refractivity contribution in [1.29, 1.82) is 0 Å². The summed E-state index contributed by atoms with van der Waals surface area (Å²) in [6, 6.07) is 22.8. The van der Waals surface area contributed by atoms with Crippen LogP contribution in [0.15, 0.2) is 78.5 Å². The number of nitrogens with one attached hydrogen (secondary N) is 1. The maximum atomic E-state index is 13.2. The van der Waals surface area contributed by atoms with Gasteiger partial charge in [-0.2, -0.15) is 0 Å². The SMILES string of the molecule is CC(=O)N1/C(=C\c2cc(-c3ccc4c(c3)CCNC4=O)c3ccccc3n2)C(=O)c2ccccc21. The lowest BCUT2D eigenvalue weighted by atomic mass is 9.93. The van der Waals surface area contributed by atoms with Crippen molar-refractivity contribution in [1.82, 2.24) is 10.3 Å². The third-order valence-electron chi connectivity index (χ3n) is 6.54. The maximum Gasteiger partial charge on any atom is 0.251 e. The smallest absolute Gasteiger partial charge is 0.251 e. The van der Waals surface area contributed by atoms with E-state index in [0.29, 0.717) is 29.1 Å². The number of Topliss-reactive ketones (excluding diaryl/α,β-unsaturated/α-hetero) is 1. The first-order valence-electron chi connectivity index (χ1n) is 11.5. The van der Waals surface area contributed by atoms with Gasteiger partial charge >= 0.3 is 0 Å². The Morgan fingerprint density at radius 2 is 1.74 bits per heavy atom. The summed E-state index contributed by atoms with van der Waals surface area (Å²) in [5, 5.41) is 3.85. The van der Waals surface area contributed by atoms with Gasteiger partial charge < -0.3 is 5.32 Å². The largest absolute Gasteiger partial charge is 0.352 e. The molecule has 0 fully saturated rings. The molecule has 0 atom stereocenters. The monoisotopic (exact) mass is 459 g/mol. The maximum absolute atomic E-state index is 13.2. The molecule has 2 amide bonds. The summed E-state index contributed by atoms with van der Waals surface area (Å²) in [6.07, 6.45) is 2.46. The van der Waals surface area contributed by atoms with Gasteiger partial charge in [0.15, 0.2) is 0 Å². The molecule has 3 heterocycles. The van der Waals surface area contributed by atoms with Crippen LogP contribution in [0.1, 0.15) is 38.9 Å². The first kappa shape index (κ1) is 21.0. The second-order valence-electron chi connectivity index (χ2n) is 8.72. The molecule has 0 saturated heterocycles. The molecule has 2 aliphatic rings. The number of amides is 2. The normalized spacial score (nSPS) is 15.8. The summed E-state index contributed by atoms with van der Waals surface area (Å²) in [4.78, 5) is 44.1. The molecule has 0 saturated carbocycles. The molecule has 0 spiro atoms. The Labute approximate surface area is 201 Å². The van der Waals surface area contributed by atoms with Crippen LogP contribution in [-0.4, -0.2) is 29.1 Å². The van der Waals surface area contributed by atoms with Crippen LogP contribution in [0.2, 0.25) is 0 Å². The van der Waals surface area contributed by atoms with Gasteiger partial charge in [-0.1, -0.05) is 42.5 Å². The van der Waals surface area contributed by atoms with Crippen molar-refractivity contribution in [2.24, 2.45) is 0 Å². The lowest BCUT2D eigenvalue weighted by molar-refractivity contribution is -0.116. The molecule has 0 unspecified atom stereocenters. The van der Waals surface area contributed by atoms with E-state index >= 15 is 0 Å². The predicted octanol–water partition coefficient (Wildman–Crippen LogP) is 4.78. The highest BCUT2D eigenvalue weighted by Gasteiger charge is 2.34. The van der Waals surface area contributed by atoms with Crippen molar-refractivity contribution >= 4 is 40.3 Å². The van der Waals surface area contributed by atoms with E-state index in [0.717, 1.165) is 34.0 Å². The van der Waals surface area contributed by atoms with Crippen LogP contribution in [0, 0.1) is 0 Å². The number of benzene rings is 3. The van der Waals surface area contributed by atoms with Gasteiger partial charge in [-0.3, -0.25) is 19.3 Å². The van der Waals surface area contributed by atoms with E-state index in [9.17, 15) is 14.4 Å². The lowest BCUT2D eigenvalue weighted by Crippen LogP contribution is -2.31. The summed E-state index contributed by atoms with van der Waals surface area (Å²) in [5.74, 6) is -0.484. The van der Waals surface area contributed by atoms with Gasteiger partial charge in [0.05, 0.1) is 22.6 Å². The number of hydrogen-bond acceptors (Lipinski definition) is 4. The van der Waals surface area contributed by atoms with Gasteiger partial charge in [0.25, 0.3) is 5.91 Å². The van der Waals surface area contributed by atoms with Gasteiger partial charge in [0.1, 0.15) is 0 Å². The minimum atomic E-state index is -0.233. The molecule has 1 N–H and O–H groups in total. The first-order valence-corrected chi connectivity index (χ1v) is 11.5. The molecule has 0 aliphatic carbocycles. The molecule has 170 valence electrons. The Hall–Kier alpha value is -4.58. The zero-order chi connectivity index (χ0) is 24.1. The van der Waals surface area contributed by atoms with Gasteiger partial charge in [0, 0.05) is 30.0 Å². The summed E-state index contributed by atoms with van der Waals surface area (Å²) >= 11 is 0. The zero-order valence-electron chi connectivity index (χ0n) is 19.0. The number of carbonyl (C=O) groups excluding carboxylic acids is 3. The van der Waals surface area contributed by atoms with Crippen molar-refractivity contribution in [3.8, 4) is 11.1 Å². The fourth-order valence-electron chi connectivity index (χ4n) is 4.94. The number of allylic oxidation sites excluding steroid dienone is 1. The topological polar surface area (TPSA) is 79.4 Å². The highest BCUT2D eigenvalue weighted by atomic mass is 16.2. The average Bonchev–Trinajstić information content (AvgIpc) is 3.15. The number of fused-ring (bicyclic) bond motifs is 3. The molecule has 6 rings (SSSR count). The average molecular weight is 460 g/mol. The fourth-order valence-corrected chi connectivity index (χ4v) is 4.94. The van der Waals surface area contributed by atoms with E-state index in [-0.39, 0.29) is 23.3 Å². The summed E-state index contributed by atoms with van der Waals surface area (Å²) < 4.78 is 0. The van der Waals surface area contributed by atoms with Crippen LogP contribution in [0.25, 0.3) is 28.1 Å². The van der Waals surface area contributed by atoms with Crippen LogP contribution in [0.4, 0.5) is 5.69 Å². The lowest BCUT2D eigenvalue weighted by Gasteiger charge is -2.18. The van der Waals surface area contributed by atoms with Crippen LogP contribution >= 0.6 is 0 Å². The fraction of sp³-hybridized carbons (Fsp3) is 0.103. The number of para-hydroxylation sites is 2. The molecule has 6 heteroatoms. The number of rotatable bonds is 2. The van der Waals surface area contributed by atoms with Crippen molar-refractivity contribution in [3.05, 3.63) is 101 Å². The summed E-state index contributed by atoms with van der Waals surface area (Å²) in [5.41, 5.74) is 6.38. The van der Waals surface area contributed by atoms with E-state index in [1.54, 1.807) is 24.3 Å². The van der Waals surface area contributed by atoms with Gasteiger partial charge in [-0.25, -0.2) is 4.98 Å². The molecule has 1 aromatic heterocycles. The molecule has 35 heavy (non-hydrogen) atoms. The molecular formula is C29H21N3O3. The van der Waals surface area contributed by atoms with E-state index in [1.165, 1.54) is 11.8 Å². The number of ketones is 1. The molecular weight excluding hydrogens is 438 g/mol. The second kappa shape index (κ2) is 8.02. The molecule has 2 aliphatic heterocycles. The molecule has 3 aromatic carbocycles. The van der Waals surface area contributed by atoms with E-state index in [4.69, 9.17) is 4.98 Å². The van der Waals surface area contributed by atoms with Crippen LogP contribution in [-0.2, 0) is 11.2 Å². The summed E-state index contributed by atoms with van der Waals surface area (Å²) in [6.45, 7) is 2.07. The first-order chi connectivity index (χ1) is 17.0. The third kappa shape index (κ3) is 3.42. The Bertz CT molecular complexity index is 1600. The molecule has 0 radical (unpaired) electrons. The number of pyridine rings is 1. The Morgan fingerprint density at radius 3 is 2.60 bits per heavy atom. The number of aromatic nitrogens is 1. The van der Waals surface area contributed by atoms with Crippen LogP contribution in [0.5, 0.6) is 0 Å². The number of carbonyl (C=O) groups is 3. The van der Waals surface area contributed by atoms with E-state index in [2.05, 4.69) is 11.4 Å². The van der Waals surface area contributed by atoms with E-state index in [1.807, 2.05) is 48.5 Å².